The minimum atomic E-state index is -2.82. The van der Waals surface area contributed by atoms with Gasteiger partial charge in [0, 0.05) is 18.7 Å². The van der Waals surface area contributed by atoms with Gasteiger partial charge in [-0.3, -0.25) is 4.90 Å². The molecule has 0 bridgehead atoms. The number of ether oxygens (including phenoxy) is 1. The molecule has 3 nitrogen and oxygen atoms in total. The second-order valence-electron chi connectivity index (χ2n) is 5.45. The number of halogens is 2. The van der Waals surface area contributed by atoms with Crippen molar-refractivity contribution in [3.63, 3.8) is 0 Å². The van der Waals surface area contributed by atoms with E-state index in [0.29, 0.717) is 13.1 Å². The number of rotatable bonds is 4. The number of β-amino-alcohol motifs (C(OH)–C–C–N with tert-alkyl or cyclic N) is 1. The molecule has 0 spiro atoms. The SMILES string of the molecule is Cc1cc(CN2CCCC(O)C2)c(OC(F)F)cc1C. The summed E-state index contributed by atoms with van der Waals surface area (Å²) < 4.78 is 29.6. The summed E-state index contributed by atoms with van der Waals surface area (Å²) in [4.78, 5) is 2.08. The molecule has 1 unspecified atom stereocenters. The predicted molar refractivity (Wildman–Crippen MR) is 73.1 cm³/mol. The van der Waals surface area contributed by atoms with E-state index < -0.39 is 6.61 Å². The maximum atomic E-state index is 12.5. The normalized spacial score (nSPS) is 20.4. The number of benzene rings is 1. The lowest BCUT2D eigenvalue weighted by molar-refractivity contribution is -0.0510. The Morgan fingerprint density at radius 2 is 2.05 bits per heavy atom. The van der Waals surface area contributed by atoms with Crippen LogP contribution in [0.4, 0.5) is 8.78 Å². The topological polar surface area (TPSA) is 32.7 Å². The zero-order valence-corrected chi connectivity index (χ0v) is 11.9. The molecule has 20 heavy (non-hydrogen) atoms. The van der Waals surface area contributed by atoms with E-state index in [-0.39, 0.29) is 11.9 Å². The second kappa shape index (κ2) is 6.50. The van der Waals surface area contributed by atoms with Crippen LogP contribution in [0.5, 0.6) is 5.75 Å². The van der Waals surface area contributed by atoms with Crippen LogP contribution in [0.25, 0.3) is 0 Å². The van der Waals surface area contributed by atoms with Crippen molar-refractivity contribution >= 4 is 0 Å². The minimum absolute atomic E-state index is 0.239. The number of alkyl halides is 2. The average Bonchev–Trinajstić information content (AvgIpc) is 2.35. The van der Waals surface area contributed by atoms with Crippen LogP contribution in [0.15, 0.2) is 12.1 Å². The summed E-state index contributed by atoms with van der Waals surface area (Å²) in [5.74, 6) is 0.239. The third kappa shape index (κ3) is 3.90. The predicted octanol–water partition coefficient (Wildman–Crippen LogP) is 2.86. The number of nitrogens with zero attached hydrogens (tertiary/aromatic N) is 1. The van der Waals surface area contributed by atoms with Crippen molar-refractivity contribution in [2.24, 2.45) is 0 Å². The van der Waals surface area contributed by atoms with Crippen molar-refractivity contribution in [1.82, 2.24) is 4.90 Å². The first-order chi connectivity index (χ1) is 9.45. The summed E-state index contributed by atoms with van der Waals surface area (Å²) in [5.41, 5.74) is 2.74. The Labute approximate surface area is 118 Å². The quantitative estimate of drug-likeness (QED) is 0.923. The monoisotopic (exact) mass is 285 g/mol. The van der Waals surface area contributed by atoms with Gasteiger partial charge >= 0.3 is 6.61 Å². The number of aliphatic hydroxyl groups excluding tert-OH is 1. The van der Waals surface area contributed by atoms with Gasteiger partial charge < -0.3 is 9.84 Å². The van der Waals surface area contributed by atoms with Crippen LogP contribution in [-0.4, -0.2) is 35.8 Å². The van der Waals surface area contributed by atoms with Gasteiger partial charge in [0.25, 0.3) is 0 Å². The third-order valence-corrected chi connectivity index (χ3v) is 3.77. The van der Waals surface area contributed by atoms with Crippen LogP contribution in [0.1, 0.15) is 29.5 Å². The Morgan fingerprint density at radius 3 is 2.70 bits per heavy atom. The molecule has 1 aromatic rings. The molecule has 1 aliphatic heterocycles. The molecule has 1 aliphatic rings. The molecule has 1 fully saturated rings. The Kier molecular flexibility index (Phi) is 4.94. The fraction of sp³-hybridized carbons (Fsp3) is 0.600. The van der Waals surface area contributed by atoms with Gasteiger partial charge in [-0.05, 0) is 50.4 Å². The van der Waals surface area contributed by atoms with E-state index in [1.807, 2.05) is 19.9 Å². The van der Waals surface area contributed by atoms with Gasteiger partial charge in [-0.2, -0.15) is 8.78 Å². The van der Waals surface area contributed by atoms with Gasteiger partial charge in [0.1, 0.15) is 5.75 Å². The smallest absolute Gasteiger partial charge is 0.387 e. The molecule has 112 valence electrons. The van der Waals surface area contributed by atoms with E-state index in [1.165, 1.54) is 0 Å². The van der Waals surface area contributed by atoms with E-state index in [1.54, 1.807) is 6.07 Å². The first-order valence-corrected chi connectivity index (χ1v) is 6.91. The van der Waals surface area contributed by atoms with Crippen molar-refractivity contribution in [3.05, 3.63) is 28.8 Å². The zero-order chi connectivity index (χ0) is 14.7. The third-order valence-electron chi connectivity index (χ3n) is 3.77. The molecule has 1 aromatic carbocycles. The van der Waals surface area contributed by atoms with Gasteiger partial charge in [-0.1, -0.05) is 6.07 Å². The number of hydrogen-bond donors (Lipinski definition) is 1. The van der Waals surface area contributed by atoms with Crippen molar-refractivity contribution < 1.29 is 18.6 Å². The van der Waals surface area contributed by atoms with Crippen molar-refractivity contribution in [3.8, 4) is 5.75 Å². The molecule has 0 saturated carbocycles. The highest BCUT2D eigenvalue weighted by Crippen LogP contribution is 2.27. The van der Waals surface area contributed by atoms with Gasteiger partial charge in [-0.15, -0.1) is 0 Å². The first-order valence-electron chi connectivity index (χ1n) is 6.91. The van der Waals surface area contributed by atoms with Crippen LogP contribution in [0.2, 0.25) is 0 Å². The van der Waals surface area contributed by atoms with E-state index in [2.05, 4.69) is 9.64 Å². The van der Waals surface area contributed by atoms with Crippen LogP contribution in [0.3, 0.4) is 0 Å². The number of piperidine rings is 1. The lowest BCUT2D eigenvalue weighted by atomic mass is 10.0. The summed E-state index contributed by atoms with van der Waals surface area (Å²) in [6.07, 6.45) is 1.41. The van der Waals surface area contributed by atoms with Crippen LogP contribution in [-0.2, 0) is 6.54 Å². The number of hydrogen-bond acceptors (Lipinski definition) is 3. The molecule has 0 aliphatic carbocycles. The zero-order valence-electron chi connectivity index (χ0n) is 11.9. The highest BCUT2D eigenvalue weighted by atomic mass is 19.3. The van der Waals surface area contributed by atoms with E-state index in [9.17, 15) is 13.9 Å². The van der Waals surface area contributed by atoms with Crippen LogP contribution < -0.4 is 4.74 Å². The lowest BCUT2D eigenvalue weighted by Gasteiger charge is -2.30. The molecular weight excluding hydrogens is 264 g/mol. The fourth-order valence-electron chi connectivity index (χ4n) is 2.59. The Hall–Kier alpha value is -1.20. The summed E-state index contributed by atoms with van der Waals surface area (Å²) in [7, 11) is 0. The molecule has 2 rings (SSSR count). The Morgan fingerprint density at radius 1 is 1.35 bits per heavy atom. The molecule has 0 radical (unpaired) electrons. The van der Waals surface area contributed by atoms with Crippen LogP contribution in [0, 0.1) is 13.8 Å². The molecule has 1 heterocycles. The van der Waals surface area contributed by atoms with E-state index >= 15 is 0 Å². The molecule has 1 atom stereocenters. The largest absolute Gasteiger partial charge is 0.434 e. The summed E-state index contributed by atoms with van der Waals surface area (Å²) >= 11 is 0. The highest BCUT2D eigenvalue weighted by molar-refractivity contribution is 5.41. The molecule has 5 heteroatoms. The average molecular weight is 285 g/mol. The highest BCUT2D eigenvalue weighted by Gasteiger charge is 2.20. The van der Waals surface area contributed by atoms with Gasteiger partial charge in [-0.25, -0.2) is 0 Å². The summed E-state index contributed by atoms with van der Waals surface area (Å²) in [6.45, 7) is 3.00. The van der Waals surface area contributed by atoms with Gasteiger partial charge in [0.05, 0.1) is 6.10 Å². The summed E-state index contributed by atoms with van der Waals surface area (Å²) in [6, 6.07) is 3.56. The van der Waals surface area contributed by atoms with Crippen LogP contribution >= 0.6 is 0 Å². The van der Waals surface area contributed by atoms with Crippen molar-refractivity contribution in [2.75, 3.05) is 13.1 Å². The van der Waals surface area contributed by atoms with E-state index in [0.717, 1.165) is 36.1 Å². The first kappa shape index (κ1) is 15.2. The molecular formula is C15H21F2NO2. The Bertz CT molecular complexity index is 465. The maximum Gasteiger partial charge on any atom is 0.387 e. The van der Waals surface area contributed by atoms with Gasteiger partial charge in [0.15, 0.2) is 0 Å². The van der Waals surface area contributed by atoms with E-state index in [4.69, 9.17) is 0 Å². The summed E-state index contributed by atoms with van der Waals surface area (Å²) in [5, 5.41) is 9.68. The van der Waals surface area contributed by atoms with Crippen molar-refractivity contribution in [1.29, 1.82) is 0 Å². The Balaban J connectivity index is 2.18. The number of aryl methyl sites for hydroxylation is 2. The van der Waals surface area contributed by atoms with Gasteiger partial charge in [0.2, 0.25) is 0 Å². The second-order valence-corrected chi connectivity index (χ2v) is 5.45. The molecule has 1 saturated heterocycles. The fourth-order valence-corrected chi connectivity index (χ4v) is 2.59. The minimum Gasteiger partial charge on any atom is -0.434 e. The lowest BCUT2D eigenvalue weighted by Crippen LogP contribution is -2.37. The number of aliphatic hydroxyl groups is 1. The molecule has 0 aromatic heterocycles. The van der Waals surface area contributed by atoms with Crippen molar-refractivity contribution in [2.45, 2.75) is 45.9 Å². The standard InChI is InChI=1S/C15H21F2NO2/c1-10-6-12(8-18-5-3-4-13(19)9-18)14(7-11(10)2)20-15(16)17/h6-7,13,15,19H,3-5,8-9H2,1-2H3. The molecule has 1 N–H and O–H groups in total. The maximum absolute atomic E-state index is 12.5. The molecule has 0 amide bonds. The number of likely N-dealkylation sites (tertiary alicyclic amines) is 1.